The number of ether oxygens (including phenoxy) is 1. The number of nitrogens with zero attached hydrogens (tertiary/aromatic N) is 1. The van der Waals surface area contributed by atoms with Crippen molar-refractivity contribution >= 4 is 11.9 Å². The average Bonchev–Trinajstić information content (AvgIpc) is 2.81. The van der Waals surface area contributed by atoms with E-state index in [1.54, 1.807) is 0 Å². The Morgan fingerprint density at radius 2 is 2.12 bits per heavy atom. The molecule has 6 heteroatoms. The van der Waals surface area contributed by atoms with Crippen molar-refractivity contribution in [2.24, 2.45) is 0 Å². The molecule has 1 unspecified atom stereocenters. The molecule has 1 aliphatic heterocycles. The lowest BCUT2D eigenvalue weighted by Gasteiger charge is -2.24. The Hall–Kier alpha value is -1.14. The molecule has 1 rings (SSSR count). The molecule has 0 bridgehead atoms. The van der Waals surface area contributed by atoms with E-state index in [-0.39, 0.29) is 25.5 Å². The van der Waals surface area contributed by atoms with Crippen LogP contribution in [0.3, 0.4) is 0 Å². The van der Waals surface area contributed by atoms with Crippen LogP contribution in [0.4, 0.5) is 0 Å². The minimum atomic E-state index is -0.931. The van der Waals surface area contributed by atoms with Gasteiger partial charge in [-0.15, -0.1) is 0 Å². The maximum Gasteiger partial charge on any atom is 0.305 e. The van der Waals surface area contributed by atoms with Gasteiger partial charge in [0.05, 0.1) is 6.42 Å². The summed E-state index contributed by atoms with van der Waals surface area (Å²) in [4.78, 5) is 24.0. The lowest BCUT2D eigenvalue weighted by atomic mass is 10.2. The zero-order chi connectivity index (χ0) is 12.7. The smallest absolute Gasteiger partial charge is 0.305 e. The molecule has 2 N–H and O–H groups in total. The second-order valence-electron chi connectivity index (χ2n) is 4.05. The number of hydrogen-bond donors (Lipinski definition) is 2. The van der Waals surface area contributed by atoms with Crippen molar-refractivity contribution in [1.82, 2.24) is 4.90 Å². The highest BCUT2D eigenvalue weighted by Gasteiger charge is 2.28. The summed E-state index contributed by atoms with van der Waals surface area (Å²) in [6.07, 6.45) is 1.51. The number of rotatable bonds is 7. The van der Waals surface area contributed by atoms with Crippen LogP contribution >= 0.6 is 0 Å². The summed E-state index contributed by atoms with van der Waals surface area (Å²) in [5.41, 5.74) is 0. The number of carbonyl (C=O) groups excluding carboxylic acids is 1. The van der Waals surface area contributed by atoms with Crippen molar-refractivity contribution in [2.75, 3.05) is 26.3 Å². The molecule has 0 saturated carbocycles. The van der Waals surface area contributed by atoms with Crippen molar-refractivity contribution in [3.63, 3.8) is 0 Å². The van der Waals surface area contributed by atoms with Crippen LogP contribution in [0, 0.1) is 0 Å². The minimum absolute atomic E-state index is 0.0115. The minimum Gasteiger partial charge on any atom is -0.481 e. The molecule has 1 saturated heterocycles. The van der Waals surface area contributed by atoms with Gasteiger partial charge < -0.3 is 19.8 Å². The Labute approximate surface area is 100 Å². The molecule has 0 radical (unpaired) electrons. The van der Waals surface area contributed by atoms with E-state index < -0.39 is 12.1 Å². The highest BCUT2D eigenvalue weighted by atomic mass is 16.5. The molecule has 98 valence electrons. The molecule has 0 aromatic carbocycles. The number of aliphatic carboxylic acids is 1. The normalized spacial score (nSPS) is 19.2. The first-order valence-electron chi connectivity index (χ1n) is 5.88. The number of hydrogen-bond acceptors (Lipinski definition) is 4. The highest BCUT2D eigenvalue weighted by Crippen LogP contribution is 2.15. The van der Waals surface area contributed by atoms with Crippen LogP contribution in [0.1, 0.15) is 25.7 Å². The molecule has 0 aromatic heterocycles. The Morgan fingerprint density at radius 1 is 1.35 bits per heavy atom. The third kappa shape index (κ3) is 4.70. The van der Waals surface area contributed by atoms with Gasteiger partial charge in [0.2, 0.25) is 0 Å². The first-order chi connectivity index (χ1) is 8.15. The molecule has 1 amide bonds. The maximum atomic E-state index is 12.0. The Kier molecular flexibility index (Phi) is 5.93. The van der Waals surface area contributed by atoms with Crippen molar-refractivity contribution < 1.29 is 24.5 Å². The summed E-state index contributed by atoms with van der Waals surface area (Å²) in [6.45, 7) is 1.13. The molecule has 1 heterocycles. The van der Waals surface area contributed by atoms with Crippen molar-refractivity contribution in [3.05, 3.63) is 0 Å². The van der Waals surface area contributed by atoms with Crippen molar-refractivity contribution in [3.8, 4) is 0 Å². The molecule has 17 heavy (non-hydrogen) atoms. The van der Waals surface area contributed by atoms with Crippen LogP contribution in [0.25, 0.3) is 0 Å². The van der Waals surface area contributed by atoms with Gasteiger partial charge in [-0.2, -0.15) is 0 Å². The zero-order valence-electron chi connectivity index (χ0n) is 9.80. The largest absolute Gasteiger partial charge is 0.481 e. The predicted octanol–water partition coefficient (Wildman–Crippen LogP) is -0.149. The van der Waals surface area contributed by atoms with Crippen molar-refractivity contribution in [1.29, 1.82) is 0 Å². The Bertz CT molecular complexity index is 263. The second-order valence-corrected chi connectivity index (χ2v) is 4.05. The lowest BCUT2D eigenvalue weighted by Crippen LogP contribution is -2.41. The number of carbonyl (C=O) groups is 2. The van der Waals surface area contributed by atoms with E-state index in [0.29, 0.717) is 26.0 Å². The Morgan fingerprint density at radius 3 is 2.65 bits per heavy atom. The quantitative estimate of drug-likeness (QED) is 0.651. The van der Waals surface area contributed by atoms with Crippen LogP contribution < -0.4 is 0 Å². The molecular formula is C11H19NO5. The fourth-order valence-corrected chi connectivity index (χ4v) is 1.80. The van der Waals surface area contributed by atoms with Crippen LogP contribution in [0.2, 0.25) is 0 Å². The molecule has 1 fully saturated rings. The molecule has 0 aliphatic carbocycles. The molecule has 0 aromatic rings. The third-order valence-corrected chi connectivity index (χ3v) is 2.70. The van der Waals surface area contributed by atoms with E-state index in [0.717, 1.165) is 6.42 Å². The van der Waals surface area contributed by atoms with Gasteiger partial charge >= 0.3 is 5.97 Å². The fraction of sp³-hybridized carbons (Fsp3) is 0.818. The van der Waals surface area contributed by atoms with E-state index in [2.05, 4.69) is 0 Å². The predicted molar refractivity (Wildman–Crippen MR) is 59.5 cm³/mol. The maximum absolute atomic E-state index is 12.0. The average molecular weight is 245 g/mol. The monoisotopic (exact) mass is 245 g/mol. The van der Waals surface area contributed by atoms with Gasteiger partial charge in [-0.25, -0.2) is 0 Å². The molecule has 6 nitrogen and oxygen atoms in total. The summed E-state index contributed by atoms with van der Waals surface area (Å²) < 4.78 is 5.28. The number of carboxylic acids is 1. The molecular weight excluding hydrogens is 226 g/mol. The first-order valence-corrected chi connectivity index (χ1v) is 5.88. The van der Waals surface area contributed by atoms with E-state index >= 15 is 0 Å². The van der Waals surface area contributed by atoms with E-state index in [9.17, 15) is 9.59 Å². The summed E-state index contributed by atoms with van der Waals surface area (Å²) in [6, 6.07) is 0. The fourth-order valence-electron chi connectivity index (χ4n) is 1.80. The number of carboxylic acid groups (broad SMARTS) is 1. The summed E-state index contributed by atoms with van der Waals surface area (Å²) in [5.74, 6) is -1.09. The second kappa shape index (κ2) is 7.24. The summed E-state index contributed by atoms with van der Waals surface area (Å²) in [5, 5.41) is 17.4. The number of amides is 1. The van der Waals surface area contributed by atoms with E-state index in [1.165, 1.54) is 4.90 Å². The van der Waals surface area contributed by atoms with Gasteiger partial charge in [0.1, 0.15) is 6.10 Å². The van der Waals surface area contributed by atoms with Crippen LogP contribution in [0.5, 0.6) is 0 Å². The van der Waals surface area contributed by atoms with E-state index in [4.69, 9.17) is 14.9 Å². The number of aliphatic hydroxyl groups is 1. The molecule has 0 spiro atoms. The van der Waals surface area contributed by atoms with Gasteiger partial charge in [0.15, 0.2) is 0 Å². The molecule has 1 atom stereocenters. The Balaban J connectivity index is 2.47. The van der Waals surface area contributed by atoms with Gasteiger partial charge in [-0.05, 0) is 19.3 Å². The van der Waals surface area contributed by atoms with Gasteiger partial charge in [-0.3, -0.25) is 9.59 Å². The first kappa shape index (κ1) is 13.9. The topological polar surface area (TPSA) is 87.1 Å². The number of aliphatic hydroxyl groups excluding tert-OH is 1. The third-order valence-electron chi connectivity index (χ3n) is 2.70. The van der Waals surface area contributed by atoms with Gasteiger partial charge in [0, 0.05) is 26.3 Å². The molecule has 1 aliphatic rings. The standard InChI is InChI=1S/C11H19NO5/c13-7-2-5-12(6-4-10(14)15)11(16)9-3-1-8-17-9/h9,13H,1-8H2,(H,14,15). The zero-order valence-corrected chi connectivity index (χ0v) is 9.80. The summed E-state index contributed by atoms with van der Waals surface area (Å²) >= 11 is 0. The van der Waals surface area contributed by atoms with Crippen LogP contribution in [-0.2, 0) is 14.3 Å². The van der Waals surface area contributed by atoms with Crippen molar-refractivity contribution in [2.45, 2.75) is 31.8 Å². The SMILES string of the molecule is O=C(O)CCN(CCCO)C(=O)C1CCCO1. The van der Waals surface area contributed by atoms with Crippen LogP contribution in [-0.4, -0.2) is 59.4 Å². The van der Waals surface area contributed by atoms with Crippen LogP contribution in [0.15, 0.2) is 0 Å². The highest BCUT2D eigenvalue weighted by molar-refractivity contribution is 5.81. The van der Waals surface area contributed by atoms with Gasteiger partial charge in [-0.1, -0.05) is 0 Å². The van der Waals surface area contributed by atoms with Gasteiger partial charge in [0.25, 0.3) is 5.91 Å². The lowest BCUT2D eigenvalue weighted by molar-refractivity contribution is -0.143. The van der Waals surface area contributed by atoms with E-state index in [1.807, 2.05) is 0 Å². The summed E-state index contributed by atoms with van der Waals surface area (Å²) in [7, 11) is 0.